The van der Waals surface area contributed by atoms with E-state index in [-0.39, 0.29) is 11.8 Å². The molecule has 15 heavy (non-hydrogen) atoms. The largest absolute Gasteiger partial charge is 0.328 e. The molecule has 0 aromatic rings. The van der Waals surface area contributed by atoms with Crippen molar-refractivity contribution in [3.05, 3.63) is 0 Å². The van der Waals surface area contributed by atoms with Crippen molar-refractivity contribution in [2.24, 2.45) is 5.73 Å². The van der Waals surface area contributed by atoms with Gasteiger partial charge in [0.25, 0.3) is 0 Å². The Labute approximate surface area is 93.7 Å². The van der Waals surface area contributed by atoms with Crippen molar-refractivity contribution in [1.29, 1.82) is 0 Å². The van der Waals surface area contributed by atoms with Crippen molar-refractivity contribution >= 4 is 9.84 Å². The van der Waals surface area contributed by atoms with Crippen LogP contribution in [0.4, 0.5) is 0 Å². The molecule has 4 nitrogen and oxygen atoms in total. The average molecular weight is 236 g/mol. The van der Waals surface area contributed by atoms with Gasteiger partial charge in [0.05, 0.1) is 5.75 Å². The number of rotatable bonds is 8. The van der Waals surface area contributed by atoms with Gasteiger partial charge < -0.3 is 10.6 Å². The molecule has 0 saturated heterocycles. The van der Waals surface area contributed by atoms with Gasteiger partial charge in [-0.2, -0.15) is 0 Å². The summed E-state index contributed by atoms with van der Waals surface area (Å²) in [6, 6.07) is 0.285. The molecule has 92 valence electrons. The minimum Gasteiger partial charge on any atom is -0.328 e. The molecule has 0 aromatic carbocycles. The minimum atomic E-state index is -2.83. The predicted octanol–water partition coefficient (Wildman–Crippen LogP) is 0.480. The lowest BCUT2D eigenvalue weighted by atomic mass is 10.1. The summed E-state index contributed by atoms with van der Waals surface area (Å²) in [7, 11) is -0.885. The molecule has 0 rings (SSSR count). The van der Waals surface area contributed by atoms with E-state index in [4.69, 9.17) is 5.73 Å². The van der Waals surface area contributed by atoms with E-state index in [1.165, 1.54) is 6.26 Å². The first-order valence-electron chi connectivity index (χ1n) is 5.47. The summed E-state index contributed by atoms with van der Waals surface area (Å²) in [5.74, 6) is 0.239. The number of hydrogen-bond acceptors (Lipinski definition) is 4. The first-order chi connectivity index (χ1) is 6.85. The van der Waals surface area contributed by atoms with Crippen molar-refractivity contribution in [2.75, 3.05) is 32.1 Å². The number of nitrogens with two attached hydrogens (primary N) is 1. The third-order valence-corrected chi connectivity index (χ3v) is 3.41. The summed E-state index contributed by atoms with van der Waals surface area (Å²) in [6.45, 7) is 3.61. The molecule has 0 fully saturated rings. The van der Waals surface area contributed by atoms with Gasteiger partial charge in [0.2, 0.25) is 0 Å². The molecule has 2 N–H and O–H groups in total. The summed E-state index contributed by atoms with van der Waals surface area (Å²) >= 11 is 0. The summed E-state index contributed by atoms with van der Waals surface area (Å²) in [4.78, 5) is 2.05. The summed E-state index contributed by atoms with van der Waals surface area (Å²) < 4.78 is 21.8. The zero-order valence-corrected chi connectivity index (χ0v) is 10.9. The maximum absolute atomic E-state index is 10.9. The molecule has 0 aromatic heterocycles. The van der Waals surface area contributed by atoms with E-state index in [2.05, 4.69) is 6.92 Å². The van der Waals surface area contributed by atoms with Crippen LogP contribution in [-0.2, 0) is 9.84 Å². The molecule has 1 unspecified atom stereocenters. The molecular formula is C10H24N2O2S. The number of nitrogens with zero attached hydrogens (tertiary/aromatic N) is 1. The Bertz CT molecular complexity index is 252. The van der Waals surface area contributed by atoms with E-state index in [1.54, 1.807) is 0 Å². The second kappa shape index (κ2) is 7.19. The second-order valence-corrected chi connectivity index (χ2v) is 6.50. The van der Waals surface area contributed by atoms with Crippen molar-refractivity contribution in [1.82, 2.24) is 4.90 Å². The quantitative estimate of drug-likeness (QED) is 0.666. The van der Waals surface area contributed by atoms with Gasteiger partial charge in [-0.1, -0.05) is 6.92 Å². The molecule has 0 aliphatic heterocycles. The molecule has 0 aliphatic carbocycles. The highest BCUT2D eigenvalue weighted by molar-refractivity contribution is 7.90. The van der Waals surface area contributed by atoms with Crippen molar-refractivity contribution < 1.29 is 8.42 Å². The number of sulfone groups is 1. The Kier molecular flexibility index (Phi) is 7.13. The molecule has 1 atom stereocenters. The molecular weight excluding hydrogens is 212 g/mol. The highest BCUT2D eigenvalue weighted by atomic mass is 32.2. The van der Waals surface area contributed by atoms with Gasteiger partial charge in [-0.25, -0.2) is 8.42 Å². The van der Waals surface area contributed by atoms with Crippen LogP contribution in [0.25, 0.3) is 0 Å². The Morgan fingerprint density at radius 1 is 1.33 bits per heavy atom. The third kappa shape index (κ3) is 10.2. The van der Waals surface area contributed by atoms with Gasteiger partial charge in [-0.3, -0.25) is 0 Å². The van der Waals surface area contributed by atoms with Gasteiger partial charge in [0.15, 0.2) is 0 Å². The van der Waals surface area contributed by atoms with E-state index in [0.29, 0.717) is 6.54 Å². The van der Waals surface area contributed by atoms with Crippen LogP contribution in [0.5, 0.6) is 0 Å². The lowest BCUT2D eigenvalue weighted by Crippen LogP contribution is -2.27. The summed E-state index contributed by atoms with van der Waals surface area (Å²) in [5.41, 5.74) is 5.79. The molecule has 0 bridgehead atoms. The molecule has 5 heteroatoms. The maximum atomic E-state index is 10.9. The SMILES string of the molecule is CCC(N)CCCN(C)CCS(C)(=O)=O. The molecule has 0 saturated carbocycles. The van der Waals surface area contributed by atoms with Crippen molar-refractivity contribution in [3.63, 3.8) is 0 Å². The summed E-state index contributed by atoms with van der Waals surface area (Å²) in [5, 5.41) is 0. The van der Waals surface area contributed by atoms with Crippen LogP contribution < -0.4 is 5.73 Å². The van der Waals surface area contributed by atoms with Crippen LogP contribution in [0.2, 0.25) is 0 Å². The Hall–Kier alpha value is -0.130. The van der Waals surface area contributed by atoms with Crippen LogP contribution in [0, 0.1) is 0 Å². The van der Waals surface area contributed by atoms with Crippen LogP contribution in [0.3, 0.4) is 0 Å². The molecule has 0 heterocycles. The monoisotopic (exact) mass is 236 g/mol. The predicted molar refractivity (Wildman–Crippen MR) is 64.7 cm³/mol. The van der Waals surface area contributed by atoms with E-state index in [9.17, 15) is 8.42 Å². The highest BCUT2D eigenvalue weighted by Gasteiger charge is 2.06. The zero-order chi connectivity index (χ0) is 11.9. The van der Waals surface area contributed by atoms with Crippen LogP contribution >= 0.6 is 0 Å². The van der Waals surface area contributed by atoms with Gasteiger partial charge in [-0.05, 0) is 32.9 Å². The topological polar surface area (TPSA) is 63.4 Å². The smallest absolute Gasteiger partial charge is 0.148 e. The molecule has 0 radical (unpaired) electrons. The lowest BCUT2D eigenvalue weighted by Gasteiger charge is -2.16. The van der Waals surface area contributed by atoms with Gasteiger partial charge in [-0.15, -0.1) is 0 Å². The Morgan fingerprint density at radius 3 is 2.40 bits per heavy atom. The highest BCUT2D eigenvalue weighted by Crippen LogP contribution is 1.99. The van der Waals surface area contributed by atoms with Gasteiger partial charge >= 0.3 is 0 Å². The second-order valence-electron chi connectivity index (χ2n) is 4.24. The average Bonchev–Trinajstić information content (AvgIpc) is 2.13. The lowest BCUT2D eigenvalue weighted by molar-refractivity contribution is 0.337. The standard InChI is InChI=1S/C10H24N2O2S/c1-4-10(11)6-5-7-12(2)8-9-15(3,13)14/h10H,4-9,11H2,1-3H3. The molecule has 0 amide bonds. The normalized spacial score (nSPS) is 14.5. The minimum absolute atomic E-state index is 0.239. The van der Waals surface area contributed by atoms with Crippen LogP contribution in [0.15, 0.2) is 0 Å². The Balaban J connectivity index is 3.54. The van der Waals surface area contributed by atoms with Gasteiger partial charge in [0, 0.05) is 18.8 Å². The molecule has 0 spiro atoms. The fourth-order valence-electron chi connectivity index (χ4n) is 1.26. The first-order valence-corrected chi connectivity index (χ1v) is 7.53. The molecule has 0 aliphatic rings. The van der Waals surface area contributed by atoms with Crippen molar-refractivity contribution in [3.8, 4) is 0 Å². The fourth-order valence-corrected chi connectivity index (χ4v) is 1.90. The van der Waals surface area contributed by atoms with Crippen LogP contribution in [-0.4, -0.2) is 51.5 Å². The zero-order valence-electron chi connectivity index (χ0n) is 10.1. The Morgan fingerprint density at radius 2 is 1.93 bits per heavy atom. The van der Waals surface area contributed by atoms with Gasteiger partial charge in [0.1, 0.15) is 9.84 Å². The summed E-state index contributed by atoms with van der Waals surface area (Å²) in [6.07, 6.45) is 4.33. The fraction of sp³-hybridized carbons (Fsp3) is 1.00. The third-order valence-electron chi connectivity index (χ3n) is 2.48. The van der Waals surface area contributed by atoms with E-state index >= 15 is 0 Å². The van der Waals surface area contributed by atoms with E-state index in [1.807, 2.05) is 11.9 Å². The van der Waals surface area contributed by atoms with Crippen molar-refractivity contribution in [2.45, 2.75) is 32.2 Å². The van der Waals surface area contributed by atoms with E-state index < -0.39 is 9.84 Å². The maximum Gasteiger partial charge on any atom is 0.148 e. The first kappa shape index (κ1) is 14.9. The van der Waals surface area contributed by atoms with E-state index in [0.717, 1.165) is 25.8 Å². The van der Waals surface area contributed by atoms with Crippen LogP contribution in [0.1, 0.15) is 26.2 Å². The number of hydrogen-bond donors (Lipinski definition) is 1.